The van der Waals surface area contributed by atoms with Gasteiger partial charge in [0.05, 0.1) is 26.4 Å². The van der Waals surface area contributed by atoms with Crippen LogP contribution in [0.4, 0.5) is 0 Å². The summed E-state index contributed by atoms with van der Waals surface area (Å²) in [6, 6.07) is 0. The number of hydrogen-bond acceptors (Lipinski definition) is 14. The van der Waals surface area contributed by atoms with Crippen LogP contribution in [0.2, 0.25) is 0 Å². The molecule has 0 amide bonds. The highest BCUT2D eigenvalue weighted by Crippen LogP contribution is 2.45. The summed E-state index contributed by atoms with van der Waals surface area (Å²) in [6.07, 6.45) is 97.2. The highest BCUT2D eigenvalue weighted by Gasteiger charge is 2.29. The van der Waals surface area contributed by atoms with Crippen molar-refractivity contribution in [2.75, 3.05) is 39.6 Å². The maximum absolute atomic E-state index is 12.9. The van der Waals surface area contributed by atoms with Crippen LogP contribution in [0.15, 0.2) is 170 Å². The third kappa shape index (κ3) is 77.8. The lowest BCUT2D eigenvalue weighted by Gasteiger charge is -2.21. The molecule has 0 heterocycles. The number of allylic oxidation sites excluding steroid dienone is 28. The first kappa shape index (κ1) is 97.9. The maximum Gasteiger partial charge on any atom is 0.472 e. The zero-order valence-electron chi connectivity index (χ0n) is 63.9. The summed E-state index contributed by atoms with van der Waals surface area (Å²) in [5, 5.41) is 20.6. The van der Waals surface area contributed by atoms with Gasteiger partial charge in [-0.15, -0.1) is 0 Å². The number of carbonyl (C=O) groups excluding carboxylic acids is 3. The standard InChI is InChI=1S/C85H140O16P2/c1-4-7-10-13-16-19-22-25-28-30-32-33-34-35-36-37-38-39-40-41-42-43-44-45-47-49-51-53-56-59-62-65-68-71-83(88)95-74-80(86)75-97-102(91,92)98-76-81(87)77-99-103(93,94)100-79-82(101-85(90)73-70-67-64-61-58-55-50-27-24-21-18-15-12-9-6-3)78-96-84(89)72-69-66-63-60-57-54-52-48-46-31-29-26-23-20-17-14-11-8-5-2/h7-8,10-11,16-21,25-29,32-33,35-36,38-39,46,48,50,54,57,63,66,80-82,86-87H,4-6,9,12-15,22-24,30-31,34,37,40-45,47,49,51-53,55-56,58-62,64-65,67-79H2,1-3H3,(H,91,92)(H,93,94)/b10-7-,11-8-,19-16-,20-17-,21-18-,28-25-,29-26-,33-32-,36-35-,39-38-,48-46-,50-27-,57-54-,66-63-. The molecule has 4 N–H and O–H groups in total. The molecule has 0 fully saturated rings. The monoisotopic (exact) mass is 1480 g/mol. The van der Waals surface area contributed by atoms with Gasteiger partial charge in [-0.05, 0) is 141 Å². The van der Waals surface area contributed by atoms with Gasteiger partial charge in [-0.1, -0.05) is 300 Å². The molecule has 5 unspecified atom stereocenters. The van der Waals surface area contributed by atoms with Crippen LogP contribution in [0.3, 0.4) is 0 Å². The summed E-state index contributed by atoms with van der Waals surface area (Å²) in [7, 11) is -9.82. The SMILES string of the molecule is CC/C=C\C/C=C\C/C=C\C/C=C\C/C=C\C/C=C\CCCCCCCCCCCCCCCCC(=O)OCC(O)COP(=O)(O)OCC(O)COP(=O)(O)OCC(COC(=O)CC/C=C\C/C=C\C/C=C\C/C=C\C/C=C\C/C=C\CC)OC(=O)CCCCCCC/C=C\C/C=C\CCCCC. The van der Waals surface area contributed by atoms with Gasteiger partial charge in [-0.2, -0.15) is 0 Å². The van der Waals surface area contributed by atoms with E-state index in [0.29, 0.717) is 25.7 Å². The average molecular weight is 1480 g/mol. The zero-order chi connectivity index (χ0) is 75.2. The number of rotatable bonds is 73. The van der Waals surface area contributed by atoms with Crippen LogP contribution in [0.5, 0.6) is 0 Å². The molecule has 103 heavy (non-hydrogen) atoms. The minimum Gasteiger partial charge on any atom is -0.463 e. The molecule has 586 valence electrons. The van der Waals surface area contributed by atoms with Gasteiger partial charge in [0.15, 0.2) is 6.10 Å². The van der Waals surface area contributed by atoms with Gasteiger partial charge in [0.25, 0.3) is 0 Å². The first-order chi connectivity index (χ1) is 50.2. The quantitative estimate of drug-likeness (QED) is 0.0146. The Morgan fingerprint density at radius 2 is 0.534 bits per heavy atom. The minimum atomic E-state index is -4.95. The number of hydrogen-bond donors (Lipinski definition) is 4. The third-order valence-electron chi connectivity index (χ3n) is 15.9. The molecule has 0 aliphatic carbocycles. The zero-order valence-corrected chi connectivity index (χ0v) is 65.7. The van der Waals surface area contributed by atoms with Crippen LogP contribution >= 0.6 is 15.6 Å². The Hall–Kier alpha value is -5.09. The molecular weight excluding hydrogens is 1340 g/mol. The molecule has 16 nitrogen and oxygen atoms in total. The molecule has 0 aliphatic rings. The van der Waals surface area contributed by atoms with E-state index in [1.165, 1.54) is 83.5 Å². The van der Waals surface area contributed by atoms with Crippen molar-refractivity contribution in [3.05, 3.63) is 170 Å². The number of ether oxygens (including phenoxy) is 3. The fraction of sp³-hybridized carbons (Fsp3) is 0.635. The van der Waals surface area contributed by atoms with E-state index < -0.39 is 91.5 Å². The maximum atomic E-state index is 12.9. The molecule has 0 aromatic carbocycles. The molecule has 0 aromatic heterocycles. The number of aliphatic hydroxyl groups excluding tert-OH is 2. The van der Waals surface area contributed by atoms with Gasteiger partial charge < -0.3 is 34.2 Å². The van der Waals surface area contributed by atoms with E-state index in [-0.39, 0.29) is 19.3 Å². The van der Waals surface area contributed by atoms with E-state index in [0.717, 1.165) is 141 Å². The van der Waals surface area contributed by atoms with Crippen molar-refractivity contribution in [3.8, 4) is 0 Å². The highest BCUT2D eigenvalue weighted by molar-refractivity contribution is 7.47. The largest absolute Gasteiger partial charge is 0.472 e. The fourth-order valence-corrected chi connectivity index (χ4v) is 11.6. The Bertz CT molecular complexity index is 2550. The number of esters is 3. The molecule has 18 heteroatoms. The van der Waals surface area contributed by atoms with Crippen molar-refractivity contribution in [1.82, 2.24) is 0 Å². The van der Waals surface area contributed by atoms with Crippen molar-refractivity contribution in [2.45, 2.75) is 309 Å². The molecule has 5 atom stereocenters. The molecule has 0 aromatic rings. The first-order valence-electron chi connectivity index (χ1n) is 39.4. The average Bonchev–Trinajstić information content (AvgIpc) is 0.916. The third-order valence-corrected chi connectivity index (χ3v) is 17.8. The Morgan fingerprint density at radius 3 is 0.874 bits per heavy atom. The first-order valence-corrected chi connectivity index (χ1v) is 42.4. The van der Waals surface area contributed by atoms with Crippen molar-refractivity contribution in [1.29, 1.82) is 0 Å². The summed E-state index contributed by atoms with van der Waals surface area (Å²) < 4.78 is 61.0. The van der Waals surface area contributed by atoms with E-state index in [9.17, 15) is 43.5 Å². The lowest BCUT2D eigenvalue weighted by atomic mass is 10.0. The number of phosphoric acid groups is 2. The number of carbonyl (C=O) groups is 3. The molecular formula is C85H140O16P2. The van der Waals surface area contributed by atoms with Gasteiger partial charge in [0.2, 0.25) is 0 Å². The lowest BCUT2D eigenvalue weighted by Crippen LogP contribution is -2.30. The van der Waals surface area contributed by atoms with Crippen molar-refractivity contribution >= 4 is 33.6 Å². The van der Waals surface area contributed by atoms with Gasteiger partial charge >= 0.3 is 33.6 Å². The van der Waals surface area contributed by atoms with Crippen LogP contribution in [0.25, 0.3) is 0 Å². The van der Waals surface area contributed by atoms with Crippen LogP contribution in [-0.4, -0.2) is 95.9 Å². The van der Waals surface area contributed by atoms with Gasteiger partial charge in [-0.25, -0.2) is 9.13 Å². The summed E-state index contributed by atoms with van der Waals surface area (Å²) in [5.74, 6) is -1.70. The topological polar surface area (TPSA) is 231 Å². The number of phosphoric ester groups is 2. The Labute approximate surface area is 624 Å². The van der Waals surface area contributed by atoms with E-state index in [1.807, 2.05) is 18.2 Å². The van der Waals surface area contributed by atoms with E-state index >= 15 is 0 Å². The van der Waals surface area contributed by atoms with E-state index in [4.69, 9.17) is 32.3 Å². The molecule has 0 bridgehead atoms. The molecule has 0 saturated heterocycles. The molecule has 0 aliphatic heterocycles. The van der Waals surface area contributed by atoms with Crippen LogP contribution in [-0.2, 0) is 55.8 Å². The van der Waals surface area contributed by atoms with Crippen LogP contribution in [0, 0.1) is 0 Å². The van der Waals surface area contributed by atoms with E-state index in [2.05, 4.69) is 173 Å². The summed E-state index contributed by atoms with van der Waals surface area (Å²) >= 11 is 0. The molecule has 0 radical (unpaired) electrons. The van der Waals surface area contributed by atoms with Crippen LogP contribution < -0.4 is 0 Å². The van der Waals surface area contributed by atoms with Crippen molar-refractivity contribution in [2.24, 2.45) is 0 Å². The van der Waals surface area contributed by atoms with Crippen molar-refractivity contribution < 1.29 is 75.8 Å². The Balaban J connectivity index is 4.52. The second-order valence-corrected chi connectivity index (χ2v) is 28.7. The summed E-state index contributed by atoms with van der Waals surface area (Å²) in [5.41, 5.74) is 0. The van der Waals surface area contributed by atoms with Gasteiger partial charge in [-0.3, -0.25) is 32.5 Å². The van der Waals surface area contributed by atoms with Gasteiger partial charge in [0.1, 0.15) is 25.4 Å². The summed E-state index contributed by atoms with van der Waals surface area (Å²) in [4.78, 5) is 58.5. The smallest absolute Gasteiger partial charge is 0.463 e. The molecule has 0 spiro atoms. The Kier molecular flexibility index (Phi) is 72.8. The fourth-order valence-electron chi connectivity index (χ4n) is 9.98. The molecule has 0 rings (SSSR count). The summed E-state index contributed by atoms with van der Waals surface area (Å²) in [6.45, 7) is 2.31. The van der Waals surface area contributed by atoms with Crippen molar-refractivity contribution in [3.63, 3.8) is 0 Å². The Morgan fingerprint density at radius 1 is 0.282 bits per heavy atom. The van der Waals surface area contributed by atoms with Gasteiger partial charge in [0, 0.05) is 19.3 Å². The number of aliphatic hydroxyl groups is 2. The second kappa shape index (κ2) is 76.6. The molecule has 0 saturated carbocycles. The lowest BCUT2D eigenvalue weighted by molar-refractivity contribution is -0.161. The highest BCUT2D eigenvalue weighted by atomic mass is 31.2. The predicted octanol–water partition coefficient (Wildman–Crippen LogP) is 23.2. The normalized spacial score (nSPS) is 14.9. The second-order valence-electron chi connectivity index (χ2n) is 25.7. The predicted molar refractivity (Wildman–Crippen MR) is 426 cm³/mol. The van der Waals surface area contributed by atoms with E-state index in [1.54, 1.807) is 0 Å². The number of unbranched alkanes of at least 4 members (excludes halogenated alkanes) is 22. The van der Waals surface area contributed by atoms with Crippen LogP contribution in [0.1, 0.15) is 290 Å². The minimum absolute atomic E-state index is 0.0375.